The van der Waals surface area contributed by atoms with E-state index < -0.39 is 0 Å². The maximum atomic E-state index is 13.1. The molecule has 1 unspecified atom stereocenters. The van der Waals surface area contributed by atoms with Gasteiger partial charge in [-0.25, -0.2) is 9.07 Å². The molecule has 1 aliphatic rings. The van der Waals surface area contributed by atoms with Crippen molar-refractivity contribution in [2.45, 2.75) is 32.7 Å². The fourth-order valence-electron chi connectivity index (χ4n) is 3.23. The first-order valence-corrected chi connectivity index (χ1v) is 7.72. The third kappa shape index (κ3) is 3.12. The van der Waals surface area contributed by atoms with Crippen molar-refractivity contribution in [3.05, 3.63) is 47.5 Å². The molecule has 0 spiro atoms. The maximum Gasteiger partial charge on any atom is 0.234 e. The minimum atomic E-state index is -0.275. The van der Waals surface area contributed by atoms with Gasteiger partial charge in [0.25, 0.3) is 0 Å². The van der Waals surface area contributed by atoms with Gasteiger partial charge in [-0.1, -0.05) is 13.8 Å². The monoisotopic (exact) mass is 316 g/mol. The van der Waals surface area contributed by atoms with Crippen LogP contribution in [0.1, 0.15) is 37.6 Å². The lowest BCUT2D eigenvalue weighted by Crippen LogP contribution is -2.39. The van der Waals surface area contributed by atoms with Crippen molar-refractivity contribution in [1.29, 1.82) is 0 Å². The van der Waals surface area contributed by atoms with Gasteiger partial charge in [-0.05, 0) is 42.5 Å². The largest absolute Gasteiger partial charge is 0.348 e. The summed E-state index contributed by atoms with van der Waals surface area (Å²) in [5.41, 5.74) is 8.32. The summed E-state index contributed by atoms with van der Waals surface area (Å²) in [6, 6.07) is 6.16. The van der Waals surface area contributed by atoms with Gasteiger partial charge in [-0.15, -0.1) is 0 Å². The lowest BCUT2D eigenvalue weighted by molar-refractivity contribution is -0.120. The average molecular weight is 316 g/mol. The Balaban J connectivity index is 2.01. The van der Waals surface area contributed by atoms with Crippen molar-refractivity contribution in [3.63, 3.8) is 0 Å². The number of nitrogens with two attached hydrogens (primary N) is 1. The van der Waals surface area contributed by atoms with Crippen LogP contribution in [0.3, 0.4) is 0 Å². The van der Waals surface area contributed by atoms with Crippen LogP contribution in [0.5, 0.6) is 0 Å². The van der Waals surface area contributed by atoms with Crippen LogP contribution in [0.25, 0.3) is 5.69 Å². The van der Waals surface area contributed by atoms with Crippen LogP contribution < -0.4 is 11.1 Å². The summed E-state index contributed by atoms with van der Waals surface area (Å²) in [5.74, 6) is -0.448. The van der Waals surface area contributed by atoms with Gasteiger partial charge in [0.2, 0.25) is 5.91 Å². The number of halogens is 1. The molecule has 5 nitrogen and oxygen atoms in total. The van der Waals surface area contributed by atoms with E-state index in [-0.39, 0.29) is 29.7 Å². The van der Waals surface area contributed by atoms with E-state index in [0.717, 1.165) is 29.8 Å². The van der Waals surface area contributed by atoms with Crippen molar-refractivity contribution in [2.24, 2.45) is 11.1 Å². The molecule has 1 aromatic carbocycles. The summed E-state index contributed by atoms with van der Waals surface area (Å²) in [6.45, 7) is 4.30. The zero-order chi connectivity index (χ0) is 16.6. The van der Waals surface area contributed by atoms with Crippen molar-refractivity contribution in [2.75, 3.05) is 6.54 Å². The molecule has 6 heteroatoms. The third-order valence-corrected chi connectivity index (χ3v) is 4.27. The molecule has 122 valence electrons. The molecule has 0 saturated heterocycles. The molecule has 0 saturated carbocycles. The third-order valence-electron chi connectivity index (χ3n) is 4.27. The lowest BCUT2D eigenvalue weighted by atomic mass is 9.74. The quantitative estimate of drug-likeness (QED) is 0.911. The number of carbonyl (C=O) groups is 1. The first kappa shape index (κ1) is 15.7. The molecule has 0 bridgehead atoms. The van der Waals surface area contributed by atoms with E-state index >= 15 is 0 Å². The zero-order valence-electron chi connectivity index (χ0n) is 13.3. The molecular weight excluding hydrogens is 295 g/mol. The van der Waals surface area contributed by atoms with E-state index in [9.17, 15) is 9.18 Å². The summed E-state index contributed by atoms with van der Waals surface area (Å²) in [5, 5.41) is 7.44. The number of amides is 1. The second-order valence-corrected chi connectivity index (χ2v) is 6.80. The fraction of sp³-hybridized carbons (Fsp3) is 0.412. The fourth-order valence-corrected chi connectivity index (χ4v) is 3.23. The number of aromatic nitrogens is 2. The molecule has 3 N–H and O–H groups in total. The molecule has 0 fully saturated rings. The Hall–Kier alpha value is -2.21. The number of nitrogens with zero attached hydrogens (tertiary/aromatic N) is 2. The van der Waals surface area contributed by atoms with Gasteiger partial charge < -0.3 is 11.1 Å². The molecule has 3 rings (SSSR count). The SMILES string of the molecule is CC1(C)Cc2c(cnn2-c2ccc(F)cc2)C(NC(=O)CN)C1. The van der Waals surface area contributed by atoms with Crippen LogP contribution in [0.2, 0.25) is 0 Å². The number of hydrogen-bond donors (Lipinski definition) is 2. The highest BCUT2D eigenvalue weighted by atomic mass is 19.1. The molecule has 1 aliphatic carbocycles. The van der Waals surface area contributed by atoms with Crippen molar-refractivity contribution < 1.29 is 9.18 Å². The van der Waals surface area contributed by atoms with Crippen molar-refractivity contribution in [1.82, 2.24) is 15.1 Å². The highest BCUT2D eigenvalue weighted by Gasteiger charge is 2.35. The van der Waals surface area contributed by atoms with Crippen LogP contribution in [-0.4, -0.2) is 22.2 Å². The van der Waals surface area contributed by atoms with Gasteiger partial charge in [-0.2, -0.15) is 5.10 Å². The highest BCUT2D eigenvalue weighted by molar-refractivity contribution is 5.78. The van der Waals surface area contributed by atoms with Gasteiger partial charge in [0.15, 0.2) is 0 Å². The predicted molar refractivity (Wildman–Crippen MR) is 85.6 cm³/mol. The second-order valence-electron chi connectivity index (χ2n) is 6.80. The summed E-state index contributed by atoms with van der Waals surface area (Å²) >= 11 is 0. The smallest absolute Gasteiger partial charge is 0.234 e. The van der Waals surface area contributed by atoms with Gasteiger partial charge >= 0.3 is 0 Å². The Labute approximate surface area is 134 Å². The Morgan fingerprint density at radius 3 is 2.78 bits per heavy atom. The van der Waals surface area contributed by atoms with Gasteiger partial charge in [0, 0.05) is 5.56 Å². The second kappa shape index (κ2) is 5.77. The van der Waals surface area contributed by atoms with E-state index in [1.54, 1.807) is 18.3 Å². The summed E-state index contributed by atoms with van der Waals surface area (Å²) < 4.78 is 15.0. The average Bonchev–Trinajstić information content (AvgIpc) is 2.90. The molecule has 0 radical (unpaired) electrons. The number of rotatable bonds is 3. The molecule has 1 heterocycles. The number of fused-ring (bicyclic) bond motifs is 1. The number of hydrogen-bond acceptors (Lipinski definition) is 3. The Bertz CT molecular complexity index is 721. The van der Waals surface area contributed by atoms with Gasteiger partial charge in [0.1, 0.15) is 5.82 Å². The summed E-state index contributed by atoms with van der Waals surface area (Å²) in [7, 11) is 0. The lowest BCUT2D eigenvalue weighted by Gasteiger charge is -2.35. The molecule has 1 atom stereocenters. The highest BCUT2D eigenvalue weighted by Crippen LogP contribution is 2.41. The van der Waals surface area contributed by atoms with Crippen LogP contribution in [0, 0.1) is 11.2 Å². The normalized spacial score (nSPS) is 19.2. The van der Waals surface area contributed by atoms with Crippen LogP contribution in [0.4, 0.5) is 4.39 Å². The van der Waals surface area contributed by atoms with E-state index in [1.165, 1.54) is 12.1 Å². The maximum absolute atomic E-state index is 13.1. The van der Waals surface area contributed by atoms with Crippen LogP contribution in [-0.2, 0) is 11.2 Å². The van der Waals surface area contributed by atoms with E-state index in [4.69, 9.17) is 5.73 Å². The molecule has 23 heavy (non-hydrogen) atoms. The first-order chi connectivity index (χ1) is 10.9. The standard InChI is InChI=1S/C17H21FN4O/c1-17(2)7-14(21-16(23)9-19)13-10-20-22(15(13)8-17)12-5-3-11(18)4-6-12/h3-6,10,14H,7-9,19H2,1-2H3,(H,21,23). The first-order valence-electron chi connectivity index (χ1n) is 7.72. The molecule has 0 aliphatic heterocycles. The molecule has 2 aromatic rings. The number of nitrogens with one attached hydrogen (secondary N) is 1. The topological polar surface area (TPSA) is 72.9 Å². The van der Waals surface area contributed by atoms with Gasteiger partial charge in [-0.3, -0.25) is 4.79 Å². The van der Waals surface area contributed by atoms with Crippen LogP contribution in [0.15, 0.2) is 30.5 Å². The van der Waals surface area contributed by atoms with Crippen molar-refractivity contribution >= 4 is 5.91 Å². The Morgan fingerprint density at radius 2 is 2.13 bits per heavy atom. The predicted octanol–water partition coefficient (Wildman–Crippen LogP) is 2.10. The van der Waals surface area contributed by atoms with Crippen LogP contribution >= 0.6 is 0 Å². The zero-order valence-corrected chi connectivity index (χ0v) is 13.3. The Kier molecular flexibility index (Phi) is 3.93. The van der Waals surface area contributed by atoms with E-state index in [0.29, 0.717) is 0 Å². The minimum Gasteiger partial charge on any atom is -0.348 e. The molecule has 1 aromatic heterocycles. The van der Waals surface area contributed by atoms with E-state index in [2.05, 4.69) is 24.3 Å². The molecule has 1 amide bonds. The molecular formula is C17H21FN4O. The van der Waals surface area contributed by atoms with Gasteiger partial charge in [0.05, 0.1) is 30.2 Å². The van der Waals surface area contributed by atoms with E-state index in [1.807, 2.05) is 4.68 Å². The number of carbonyl (C=O) groups excluding carboxylic acids is 1. The van der Waals surface area contributed by atoms with Crippen molar-refractivity contribution in [3.8, 4) is 5.69 Å². The number of benzene rings is 1. The Morgan fingerprint density at radius 1 is 1.43 bits per heavy atom. The minimum absolute atomic E-state index is 0.0252. The summed E-state index contributed by atoms with van der Waals surface area (Å²) in [6.07, 6.45) is 3.46. The summed E-state index contributed by atoms with van der Waals surface area (Å²) in [4.78, 5) is 11.7.